The minimum atomic E-state index is -4.35. The second-order valence-electron chi connectivity index (χ2n) is 22.8. The lowest BCUT2D eigenvalue weighted by Gasteiger charge is -2.25. The van der Waals surface area contributed by atoms with Gasteiger partial charge in [-0.05, 0) is 32.1 Å². The number of likely N-dealkylation sites (N-methyl/N-ethyl adjacent to an activating group) is 1. The lowest BCUT2D eigenvalue weighted by atomic mass is 10.0. The van der Waals surface area contributed by atoms with Crippen molar-refractivity contribution < 1.29 is 32.9 Å². The molecule has 422 valence electrons. The van der Waals surface area contributed by atoms with Gasteiger partial charge in [0.2, 0.25) is 5.91 Å². The number of carbonyl (C=O) groups excluding carboxylic acids is 1. The summed E-state index contributed by atoms with van der Waals surface area (Å²) < 4.78 is 23.7. The number of nitrogens with zero attached hydrogens (tertiary/aromatic N) is 1. The second kappa shape index (κ2) is 53.8. The highest BCUT2D eigenvalue weighted by atomic mass is 31.2. The van der Waals surface area contributed by atoms with Crippen LogP contribution in [0.4, 0.5) is 0 Å². The number of aliphatic hydroxyl groups is 1. The summed E-state index contributed by atoms with van der Waals surface area (Å²) in [5, 5.41) is 13.9. The van der Waals surface area contributed by atoms with Crippen LogP contribution in [0.3, 0.4) is 0 Å². The number of allylic oxidation sites excluding steroid dienone is 3. The predicted octanol–water partition coefficient (Wildman–Crippen LogP) is 19.2. The van der Waals surface area contributed by atoms with E-state index in [9.17, 15) is 19.4 Å². The molecule has 8 nitrogen and oxygen atoms in total. The number of quaternary nitrogens is 1. The minimum Gasteiger partial charge on any atom is -0.387 e. The van der Waals surface area contributed by atoms with Gasteiger partial charge in [0.05, 0.1) is 39.9 Å². The van der Waals surface area contributed by atoms with E-state index in [4.69, 9.17) is 9.05 Å². The molecule has 0 saturated heterocycles. The minimum absolute atomic E-state index is 0.0585. The maximum Gasteiger partial charge on any atom is 0.472 e. The van der Waals surface area contributed by atoms with E-state index < -0.39 is 20.0 Å². The van der Waals surface area contributed by atoms with Gasteiger partial charge in [0.1, 0.15) is 13.2 Å². The number of phosphoric ester groups is 1. The molecule has 3 N–H and O–H groups in total. The highest BCUT2D eigenvalue weighted by molar-refractivity contribution is 7.47. The molecule has 0 aromatic carbocycles. The normalized spacial score (nSPS) is 14.0. The van der Waals surface area contributed by atoms with Crippen LogP contribution >= 0.6 is 7.82 Å². The molecule has 0 radical (unpaired) electrons. The Morgan fingerprint density at radius 3 is 1.13 bits per heavy atom. The Balaban J connectivity index is 3.90. The second-order valence-corrected chi connectivity index (χ2v) is 24.2. The molecule has 3 unspecified atom stereocenters. The lowest BCUT2D eigenvalue weighted by Crippen LogP contribution is -2.45. The van der Waals surface area contributed by atoms with E-state index >= 15 is 0 Å². The van der Waals surface area contributed by atoms with Crippen LogP contribution in [0.15, 0.2) is 24.3 Å². The van der Waals surface area contributed by atoms with Crippen LogP contribution in [0.5, 0.6) is 0 Å². The van der Waals surface area contributed by atoms with Crippen molar-refractivity contribution in [3.63, 3.8) is 0 Å². The number of hydrogen-bond acceptors (Lipinski definition) is 5. The van der Waals surface area contributed by atoms with Gasteiger partial charge in [-0.25, -0.2) is 4.57 Å². The van der Waals surface area contributed by atoms with Crippen LogP contribution in [0.25, 0.3) is 0 Å². The quantitative estimate of drug-likeness (QED) is 0.0243. The molecule has 1 amide bonds. The van der Waals surface area contributed by atoms with Crippen molar-refractivity contribution in [3.05, 3.63) is 24.3 Å². The van der Waals surface area contributed by atoms with Crippen molar-refractivity contribution in [2.24, 2.45) is 0 Å². The van der Waals surface area contributed by atoms with E-state index in [1.54, 1.807) is 6.08 Å². The molecule has 0 saturated carbocycles. The van der Waals surface area contributed by atoms with Gasteiger partial charge in [-0.3, -0.25) is 13.8 Å². The fourth-order valence-electron chi connectivity index (χ4n) is 9.53. The van der Waals surface area contributed by atoms with E-state index in [1.807, 2.05) is 27.2 Å². The van der Waals surface area contributed by atoms with Gasteiger partial charge in [-0.15, -0.1) is 0 Å². The fraction of sp³-hybridized carbons (Fsp3) is 0.919. The molecule has 0 fully saturated rings. The van der Waals surface area contributed by atoms with Crippen LogP contribution in [0, 0.1) is 0 Å². The summed E-state index contributed by atoms with van der Waals surface area (Å²) in [7, 11) is 1.57. The Morgan fingerprint density at radius 2 is 0.775 bits per heavy atom. The summed E-state index contributed by atoms with van der Waals surface area (Å²) in [6, 6.07) is -0.859. The van der Waals surface area contributed by atoms with Crippen molar-refractivity contribution in [2.75, 3.05) is 40.9 Å². The Kier molecular flexibility index (Phi) is 53.0. The van der Waals surface area contributed by atoms with Gasteiger partial charge in [-0.1, -0.05) is 301 Å². The van der Waals surface area contributed by atoms with Crippen molar-refractivity contribution in [1.29, 1.82) is 0 Å². The smallest absolute Gasteiger partial charge is 0.387 e. The van der Waals surface area contributed by atoms with Gasteiger partial charge in [0.15, 0.2) is 0 Å². The maximum absolute atomic E-state index is 13.0. The summed E-state index contributed by atoms with van der Waals surface area (Å²) in [4.78, 5) is 23.3. The first-order valence-corrected chi connectivity index (χ1v) is 32.7. The Morgan fingerprint density at radius 1 is 0.465 bits per heavy atom. The average molecular weight is 1020 g/mol. The Bertz CT molecular complexity index is 1210. The Labute approximate surface area is 443 Å². The number of aliphatic hydroxyl groups excluding tert-OH is 1. The van der Waals surface area contributed by atoms with Gasteiger partial charge < -0.3 is 19.8 Å². The topological polar surface area (TPSA) is 105 Å². The molecular formula is C62H124N2O6P+. The zero-order valence-corrected chi connectivity index (χ0v) is 49.1. The van der Waals surface area contributed by atoms with Crippen molar-refractivity contribution in [3.8, 4) is 0 Å². The molecule has 0 aromatic heterocycles. The molecule has 0 aromatic rings. The average Bonchev–Trinajstić information content (AvgIpc) is 3.33. The van der Waals surface area contributed by atoms with E-state index in [2.05, 4.69) is 31.3 Å². The molecule has 0 aliphatic heterocycles. The van der Waals surface area contributed by atoms with Crippen LogP contribution in [0.1, 0.15) is 316 Å². The number of amides is 1. The van der Waals surface area contributed by atoms with Crippen molar-refractivity contribution in [2.45, 2.75) is 328 Å². The summed E-state index contributed by atoms with van der Waals surface area (Å²) in [5.74, 6) is -0.181. The molecule has 0 bridgehead atoms. The predicted molar refractivity (Wildman–Crippen MR) is 309 cm³/mol. The van der Waals surface area contributed by atoms with Gasteiger partial charge in [-0.2, -0.15) is 0 Å². The SMILES string of the molecule is CCCCCCCCC/C=C/CC/C=C/C(O)C(COP(=O)(O)OCC[N+](C)(C)C)NC(=O)CCCCCCCCCCCCCCCCCCCCCCCCCCCCCCCCCCCCCC. The molecule has 0 aliphatic carbocycles. The highest BCUT2D eigenvalue weighted by Crippen LogP contribution is 2.43. The van der Waals surface area contributed by atoms with Crippen LogP contribution in [-0.4, -0.2) is 73.4 Å². The monoisotopic (exact) mass is 1020 g/mol. The van der Waals surface area contributed by atoms with E-state index in [1.165, 1.54) is 257 Å². The van der Waals surface area contributed by atoms with Crippen LogP contribution < -0.4 is 5.32 Å². The molecule has 0 heterocycles. The number of hydrogen-bond donors (Lipinski definition) is 3. The van der Waals surface area contributed by atoms with E-state index in [0.29, 0.717) is 17.4 Å². The van der Waals surface area contributed by atoms with E-state index in [-0.39, 0.29) is 19.1 Å². The molecule has 3 atom stereocenters. The number of phosphoric acid groups is 1. The van der Waals surface area contributed by atoms with Gasteiger partial charge in [0, 0.05) is 6.42 Å². The molecule has 71 heavy (non-hydrogen) atoms. The highest BCUT2D eigenvalue weighted by Gasteiger charge is 2.27. The van der Waals surface area contributed by atoms with Crippen molar-refractivity contribution in [1.82, 2.24) is 5.32 Å². The van der Waals surface area contributed by atoms with Crippen molar-refractivity contribution >= 4 is 13.7 Å². The lowest BCUT2D eigenvalue weighted by molar-refractivity contribution is -0.870. The van der Waals surface area contributed by atoms with Crippen LogP contribution in [-0.2, 0) is 18.4 Å². The zero-order valence-electron chi connectivity index (χ0n) is 48.2. The van der Waals surface area contributed by atoms with Gasteiger partial charge >= 0.3 is 7.82 Å². The molecule has 9 heteroatoms. The third kappa shape index (κ3) is 56.5. The number of rotatable bonds is 58. The first-order chi connectivity index (χ1) is 34.5. The summed E-state index contributed by atoms with van der Waals surface area (Å²) in [6.45, 7) is 4.82. The first-order valence-electron chi connectivity index (χ1n) is 31.2. The first kappa shape index (κ1) is 70.0. The van der Waals surface area contributed by atoms with Gasteiger partial charge in [0.25, 0.3) is 0 Å². The third-order valence-corrected chi connectivity index (χ3v) is 15.4. The molecule has 0 rings (SSSR count). The maximum atomic E-state index is 13.0. The molecular weight excluding hydrogens is 900 g/mol. The third-order valence-electron chi connectivity index (χ3n) is 14.4. The van der Waals surface area contributed by atoms with Crippen LogP contribution in [0.2, 0.25) is 0 Å². The standard InChI is InChI=1S/C62H123N2O6P/c1-6-8-10-12-14-16-18-20-21-22-23-24-25-26-27-28-29-30-31-32-33-34-35-36-37-38-39-40-41-42-44-46-48-50-52-54-56-62(66)63-60(59-70-71(67,68)69-58-57-64(3,4)5)61(65)55-53-51-49-47-45-43-19-17-15-13-11-9-7-2/h45,47,53,55,60-61,65H,6-44,46,48-52,54,56-59H2,1-5H3,(H-,63,66,67,68)/p+1/b47-45+,55-53+. The number of carbonyl (C=O) groups is 1. The summed E-state index contributed by atoms with van der Waals surface area (Å²) in [5.41, 5.74) is 0. The molecule has 0 aliphatic rings. The summed E-state index contributed by atoms with van der Waals surface area (Å²) >= 11 is 0. The molecule has 0 spiro atoms. The largest absolute Gasteiger partial charge is 0.472 e. The Hall–Kier alpha value is -1.02. The van der Waals surface area contributed by atoms with E-state index in [0.717, 1.165) is 38.5 Å². The number of nitrogens with one attached hydrogen (secondary N) is 1. The number of unbranched alkanes of at least 4 members (excludes halogenated alkanes) is 43. The fourth-order valence-corrected chi connectivity index (χ4v) is 10.3. The zero-order chi connectivity index (χ0) is 52.0. The summed E-state index contributed by atoms with van der Waals surface area (Å²) in [6.07, 6.45) is 69.0.